The maximum absolute atomic E-state index is 11.5. The molecule has 0 aliphatic heterocycles. The number of Topliss-reactive ketones (excluding diaryl/α,β-unsaturated/α-hetero) is 1. The molecular weight excluding hydrogens is 306 g/mol. The third kappa shape index (κ3) is 3.21. The second-order valence-electron chi connectivity index (χ2n) is 3.93. The van der Waals surface area contributed by atoms with Crippen LogP contribution in [0.5, 0.6) is 11.5 Å². The number of benzene rings is 2. The molecule has 0 atom stereocenters. The van der Waals surface area contributed by atoms with Crippen molar-refractivity contribution < 1.29 is 9.53 Å². The summed E-state index contributed by atoms with van der Waals surface area (Å²) in [5.74, 6) is 1.02. The molecule has 2 aromatic carbocycles. The molecule has 94 valence electrons. The van der Waals surface area contributed by atoms with Gasteiger partial charge in [0.05, 0.1) is 17.2 Å². The summed E-state index contributed by atoms with van der Waals surface area (Å²) in [7, 11) is 0. The second-order valence-corrected chi connectivity index (χ2v) is 4.85. The Morgan fingerprint density at radius 1 is 1.21 bits per heavy atom. The first kappa shape index (κ1) is 13.3. The van der Waals surface area contributed by atoms with Gasteiger partial charge in [-0.15, -0.1) is 0 Å². The third-order valence-corrected chi connectivity index (χ3v) is 3.03. The van der Waals surface area contributed by atoms with Gasteiger partial charge in [0.1, 0.15) is 11.5 Å². The van der Waals surface area contributed by atoms with E-state index in [1.54, 1.807) is 42.5 Å². The lowest BCUT2D eigenvalue weighted by atomic mass is 10.1. The first-order chi connectivity index (χ1) is 9.10. The van der Waals surface area contributed by atoms with Crippen LogP contribution in [0.25, 0.3) is 0 Å². The average molecular weight is 316 g/mol. The number of nitrogens with zero attached hydrogens (tertiary/aromatic N) is 1. The summed E-state index contributed by atoms with van der Waals surface area (Å²) in [5.41, 5.74) is 1.08. The summed E-state index contributed by atoms with van der Waals surface area (Å²) in [6, 6.07) is 14.0. The molecule has 0 unspecified atom stereocenters. The van der Waals surface area contributed by atoms with Crippen LogP contribution in [0.2, 0.25) is 0 Å². The summed E-state index contributed by atoms with van der Waals surface area (Å²) in [5, 5.41) is 8.73. The molecule has 0 spiro atoms. The molecule has 0 bridgehead atoms. The Labute approximate surface area is 119 Å². The summed E-state index contributed by atoms with van der Waals surface area (Å²) >= 11 is 3.35. The fourth-order valence-electron chi connectivity index (χ4n) is 1.60. The number of ether oxygens (including phenoxy) is 1. The van der Waals surface area contributed by atoms with Crippen LogP contribution in [-0.2, 0) is 0 Å². The molecule has 0 N–H and O–H groups in total. The van der Waals surface area contributed by atoms with Crippen LogP contribution < -0.4 is 4.74 Å². The van der Waals surface area contributed by atoms with Crippen molar-refractivity contribution in [3.05, 3.63) is 58.1 Å². The SMILES string of the molecule is CC(=O)c1ccc(Br)cc1Oc1ccc(C#N)cc1. The number of ketones is 1. The van der Waals surface area contributed by atoms with E-state index in [4.69, 9.17) is 10.00 Å². The molecule has 0 aromatic heterocycles. The molecule has 0 aliphatic rings. The Hall–Kier alpha value is -2.12. The smallest absolute Gasteiger partial charge is 0.163 e. The average Bonchev–Trinajstić information content (AvgIpc) is 2.39. The number of nitriles is 1. The summed E-state index contributed by atoms with van der Waals surface area (Å²) < 4.78 is 6.53. The molecule has 3 nitrogen and oxygen atoms in total. The molecule has 0 radical (unpaired) electrons. The van der Waals surface area contributed by atoms with Gasteiger partial charge in [-0.3, -0.25) is 4.79 Å². The molecule has 0 saturated heterocycles. The Bertz CT molecular complexity index is 657. The van der Waals surface area contributed by atoms with Crippen molar-refractivity contribution >= 4 is 21.7 Å². The van der Waals surface area contributed by atoms with Crippen molar-refractivity contribution in [2.75, 3.05) is 0 Å². The quantitative estimate of drug-likeness (QED) is 0.793. The lowest BCUT2D eigenvalue weighted by molar-refractivity contribution is 0.101. The molecule has 0 heterocycles. The van der Waals surface area contributed by atoms with Gasteiger partial charge in [0.15, 0.2) is 5.78 Å². The molecule has 0 amide bonds. The van der Waals surface area contributed by atoms with Gasteiger partial charge in [-0.1, -0.05) is 15.9 Å². The van der Waals surface area contributed by atoms with Crippen LogP contribution in [-0.4, -0.2) is 5.78 Å². The lowest BCUT2D eigenvalue weighted by Crippen LogP contribution is -1.97. The minimum atomic E-state index is -0.0591. The largest absolute Gasteiger partial charge is 0.457 e. The Morgan fingerprint density at radius 3 is 2.47 bits per heavy atom. The molecule has 2 rings (SSSR count). The van der Waals surface area contributed by atoms with Crippen LogP contribution in [0, 0.1) is 11.3 Å². The van der Waals surface area contributed by atoms with Gasteiger partial charge in [-0.05, 0) is 49.4 Å². The molecule has 0 saturated carbocycles. The molecule has 0 aliphatic carbocycles. The highest BCUT2D eigenvalue weighted by atomic mass is 79.9. The first-order valence-electron chi connectivity index (χ1n) is 5.58. The summed E-state index contributed by atoms with van der Waals surface area (Å²) in [6.07, 6.45) is 0. The topological polar surface area (TPSA) is 50.1 Å². The van der Waals surface area contributed by atoms with Gasteiger partial charge in [0.25, 0.3) is 0 Å². The van der Waals surface area contributed by atoms with Crippen LogP contribution in [0.3, 0.4) is 0 Å². The van der Waals surface area contributed by atoms with Crippen molar-refractivity contribution in [2.24, 2.45) is 0 Å². The lowest BCUT2D eigenvalue weighted by Gasteiger charge is -2.09. The van der Waals surface area contributed by atoms with Gasteiger partial charge in [0.2, 0.25) is 0 Å². The number of carbonyl (C=O) groups is 1. The second kappa shape index (κ2) is 5.68. The fourth-order valence-corrected chi connectivity index (χ4v) is 1.94. The maximum Gasteiger partial charge on any atom is 0.163 e. The zero-order valence-electron chi connectivity index (χ0n) is 10.2. The zero-order valence-corrected chi connectivity index (χ0v) is 11.8. The van der Waals surface area contributed by atoms with Crippen LogP contribution in [0.15, 0.2) is 46.9 Å². The highest BCUT2D eigenvalue weighted by Crippen LogP contribution is 2.29. The van der Waals surface area contributed by atoms with E-state index in [1.807, 2.05) is 6.07 Å². The van der Waals surface area contributed by atoms with Crippen molar-refractivity contribution in [1.82, 2.24) is 0 Å². The highest BCUT2D eigenvalue weighted by molar-refractivity contribution is 9.10. The van der Waals surface area contributed by atoms with Gasteiger partial charge in [0, 0.05) is 4.47 Å². The van der Waals surface area contributed by atoms with E-state index in [1.165, 1.54) is 6.92 Å². The standard InChI is InChI=1S/C15H10BrNO2/c1-10(18)14-7-4-12(16)8-15(14)19-13-5-2-11(9-17)3-6-13/h2-8H,1H3. The fraction of sp³-hybridized carbons (Fsp3) is 0.0667. The number of halogens is 1. The predicted octanol–water partition coefficient (Wildman–Crippen LogP) is 4.32. The molecule has 2 aromatic rings. The zero-order chi connectivity index (χ0) is 13.8. The molecule has 19 heavy (non-hydrogen) atoms. The Morgan fingerprint density at radius 2 is 1.89 bits per heavy atom. The highest BCUT2D eigenvalue weighted by Gasteiger charge is 2.10. The normalized spacial score (nSPS) is 9.74. The molecular formula is C15H10BrNO2. The monoisotopic (exact) mass is 315 g/mol. The van der Waals surface area contributed by atoms with E-state index >= 15 is 0 Å². The number of hydrogen-bond donors (Lipinski definition) is 0. The molecule has 4 heteroatoms. The van der Waals surface area contributed by atoms with E-state index in [2.05, 4.69) is 15.9 Å². The minimum absolute atomic E-state index is 0.0591. The molecule has 0 fully saturated rings. The van der Waals surface area contributed by atoms with E-state index in [0.717, 1.165) is 4.47 Å². The predicted molar refractivity (Wildman–Crippen MR) is 75.4 cm³/mol. The van der Waals surface area contributed by atoms with Crippen LogP contribution >= 0.6 is 15.9 Å². The number of carbonyl (C=O) groups excluding carboxylic acids is 1. The van der Waals surface area contributed by atoms with Crippen molar-refractivity contribution in [3.63, 3.8) is 0 Å². The van der Waals surface area contributed by atoms with Gasteiger partial charge in [-0.2, -0.15) is 5.26 Å². The van der Waals surface area contributed by atoms with Gasteiger partial charge < -0.3 is 4.74 Å². The van der Waals surface area contributed by atoms with Gasteiger partial charge >= 0.3 is 0 Å². The van der Waals surface area contributed by atoms with Crippen LogP contribution in [0.1, 0.15) is 22.8 Å². The van der Waals surface area contributed by atoms with Crippen molar-refractivity contribution in [2.45, 2.75) is 6.92 Å². The number of rotatable bonds is 3. The third-order valence-electron chi connectivity index (χ3n) is 2.53. The number of hydrogen-bond acceptors (Lipinski definition) is 3. The van der Waals surface area contributed by atoms with E-state index in [-0.39, 0.29) is 5.78 Å². The van der Waals surface area contributed by atoms with Crippen molar-refractivity contribution in [3.8, 4) is 17.6 Å². The van der Waals surface area contributed by atoms with Gasteiger partial charge in [-0.25, -0.2) is 0 Å². The summed E-state index contributed by atoms with van der Waals surface area (Å²) in [4.78, 5) is 11.5. The summed E-state index contributed by atoms with van der Waals surface area (Å²) in [6.45, 7) is 1.49. The van der Waals surface area contributed by atoms with E-state index in [9.17, 15) is 4.79 Å². The van der Waals surface area contributed by atoms with Crippen LogP contribution in [0.4, 0.5) is 0 Å². The van der Waals surface area contributed by atoms with Crippen molar-refractivity contribution in [1.29, 1.82) is 5.26 Å². The minimum Gasteiger partial charge on any atom is -0.457 e. The maximum atomic E-state index is 11.5. The van der Waals surface area contributed by atoms with E-state index in [0.29, 0.717) is 22.6 Å². The van der Waals surface area contributed by atoms with E-state index < -0.39 is 0 Å². The first-order valence-corrected chi connectivity index (χ1v) is 6.38. The Balaban J connectivity index is 2.34. The Kier molecular flexibility index (Phi) is 3.98.